The summed E-state index contributed by atoms with van der Waals surface area (Å²) in [5.74, 6) is 0. The first kappa shape index (κ1) is 15.0. The van der Waals surface area contributed by atoms with Crippen LogP contribution in [0.2, 0.25) is 0 Å². The minimum Gasteiger partial charge on any atom is -0.314 e. The summed E-state index contributed by atoms with van der Waals surface area (Å²) in [6, 6.07) is 9.19. The lowest BCUT2D eigenvalue weighted by Crippen LogP contribution is -2.40. The van der Waals surface area contributed by atoms with E-state index in [1.165, 1.54) is 22.8 Å². The highest BCUT2D eigenvalue weighted by molar-refractivity contribution is 5.84. The minimum atomic E-state index is 0.294. The zero-order chi connectivity index (χ0) is 14.6. The maximum atomic E-state index is 4.21. The SMILES string of the molecule is CCNC(CCc1cccc2cnccc12)C(C)(C)C. The molecule has 0 aliphatic rings. The molecule has 1 atom stereocenters. The number of fused-ring (bicyclic) bond motifs is 1. The average molecular weight is 270 g/mol. The van der Waals surface area contributed by atoms with Gasteiger partial charge in [0, 0.05) is 23.8 Å². The number of hydrogen-bond donors (Lipinski definition) is 1. The van der Waals surface area contributed by atoms with Crippen molar-refractivity contribution in [1.82, 2.24) is 10.3 Å². The third-order valence-corrected chi connectivity index (χ3v) is 3.97. The van der Waals surface area contributed by atoms with Gasteiger partial charge in [0.15, 0.2) is 0 Å². The Morgan fingerprint density at radius 3 is 2.70 bits per heavy atom. The number of benzene rings is 1. The molecule has 1 aromatic carbocycles. The minimum absolute atomic E-state index is 0.294. The van der Waals surface area contributed by atoms with Gasteiger partial charge in [-0.3, -0.25) is 4.98 Å². The lowest BCUT2D eigenvalue weighted by Gasteiger charge is -2.31. The molecule has 20 heavy (non-hydrogen) atoms. The Labute approximate surface area is 122 Å². The van der Waals surface area contributed by atoms with Gasteiger partial charge < -0.3 is 5.32 Å². The van der Waals surface area contributed by atoms with E-state index >= 15 is 0 Å². The number of nitrogens with zero attached hydrogens (tertiary/aromatic N) is 1. The van der Waals surface area contributed by atoms with Crippen molar-refractivity contribution in [2.75, 3.05) is 6.54 Å². The molecule has 0 spiro atoms. The van der Waals surface area contributed by atoms with Gasteiger partial charge >= 0.3 is 0 Å². The second-order valence-electron chi connectivity index (χ2n) is 6.53. The zero-order valence-corrected chi connectivity index (χ0v) is 13.1. The van der Waals surface area contributed by atoms with Gasteiger partial charge in [0.2, 0.25) is 0 Å². The molecule has 2 aromatic rings. The fourth-order valence-corrected chi connectivity index (χ4v) is 2.80. The number of hydrogen-bond acceptors (Lipinski definition) is 2. The van der Waals surface area contributed by atoms with Crippen LogP contribution in [0, 0.1) is 5.41 Å². The molecule has 1 N–H and O–H groups in total. The Morgan fingerprint density at radius 2 is 2.00 bits per heavy atom. The molecule has 2 nitrogen and oxygen atoms in total. The second kappa shape index (κ2) is 6.36. The molecule has 0 aliphatic heterocycles. The van der Waals surface area contributed by atoms with E-state index in [2.05, 4.69) is 62.3 Å². The number of aromatic nitrogens is 1. The molecule has 0 bridgehead atoms. The van der Waals surface area contributed by atoms with Gasteiger partial charge in [-0.25, -0.2) is 0 Å². The van der Waals surface area contributed by atoms with Crippen molar-refractivity contribution in [3.63, 3.8) is 0 Å². The van der Waals surface area contributed by atoms with Crippen molar-refractivity contribution in [2.45, 2.75) is 46.6 Å². The summed E-state index contributed by atoms with van der Waals surface area (Å²) in [5, 5.41) is 6.20. The van der Waals surface area contributed by atoms with Crippen molar-refractivity contribution in [3.05, 3.63) is 42.2 Å². The molecule has 108 valence electrons. The lowest BCUT2D eigenvalue weighted by molar-refractivity contribution is 0.258. The van der Waals surface area contributed by atoms with Gasteiger partial charge in [0.05, 0.1) is 0 Å². The van der Waals surface area contributed by atoms with Crippen molar-refractivity contribution in [1.29, 1.82) is 0 Å². The largest absolute Gasteiger partial charge is 0.314 e. The quantitative estimate of drug-likeness (QED) is 0.881. The Bertz CT molecular complexity index is 549. The highest BCUT2D eigenvalue weighted by Crippen LogP contribution is 2.25. The van der Waals surface area contributed by atoms with E-state index in [1.807, 2.05) is 12.4 Å². The molecule has 2 rings (SSSR count). The van der Waals surface area contributed by atoms with E-state index < -0.39 is 0 Å². The van der Waals surface area contributed by atoms with Gasteiger partial charge in [0.25, 0.3) is 0 Å². The summed E-state index contributed by atoms with van der Waals surface area (Å²) >= 11 is 0. The van der Waals surface area contributed by atoms with Crippen molar-refractivity contribution < 1.29 is 0 Å². The molecule has 1 unspecified atom stereocenters. The van der Waals surface area contributed by atoms with Crippen molar-refractivity contribution in [2.24, 2.45) is 5.41 Å². The van der Waals surface area contributed by atoms with Gasteiger partial charge in [0.1, 0.15) is 0 Å². The molecule has 0 radical (unpaired) electrons. The molecule has 0 saturated carbocycles. The molecular formula is C18H26N2. The number of pyridine rings is 1. The van der Waals surface area contributed by atoms with Crippen LogP contribution in [0.5, 0.6) is 0 Å². The zero-order valence-electron chi connectivity index (χ0n) is 13.1. The van der Waals surface area contributed by atoms with E-state index in [4.69, 9.17) is 0 Å². The van der Waals surface area contributed by atoms with Crippen LogP contribution in [0.25, 0.3) is 10.8 Å². The highest BCUT2D eigenvalue weighted by Gasteiger charge is 2.23. The monoisotopic (exact) mass is 270 g/mol. The van der Waals surface area contributed by atoms with Crippen LogP contribution in [0.4, 0.5) is 0 Å². The summed E-state index contributed by atoms with van der Waals surface area (Å²) in [5.41, 5.74) is 1.72. The smallest absolute Gasteiger partial charge is 0.0346 e. The van der Waals surface area contributed by atoms with E-state index in [9.17, 15) is 0 Å². The second-order valence-corrected chi connectivity index (χ2v) is 6.53. The van der Waals surface area contributed by atoms with Crippen LogP contribution in [0.3, 0.4) is 0 Å². The predicted octanol–water partition coefficient (Wildman–Crippen LogP) is 4.19. The summed E-state index contributed by atoms with van der Waals surface area (Å²) in [6.07, 6.45) is 6.11. The molecular weight excluding hydrogens is 244 g/mol. The number of rotatable bonds is 5. The molecule has 0 amide bonds. The van der Waals surface area contributed by atoms with Crippen LogP contribution in [0.15, 0.2) is 36.7 Å². The van der Waals surface area contributed by atoms with Gasteiger partial charge in [-0.15, -0.1) is 0 Å². The lowest BCUT2D eigenvalue weighted by atomic mass is 9.83. The van der Waals surface area contributed by atoms with Crippen LogP contribution < -0.4 is 5.32 Å². The van der Waals surface area contributed by atoms with Crippen LogP contribution >= 0.6 is 0 Å². The van der Waals surface area contributed by atoms with E-state index in [0.717, 1.165) is 13.0 Å². The summed E-state index contributed by atoms with van der Waals surface area (Å²) < 4.78 is 0. The van der Waals surface area contributed by atoms with Crippen molar-refractivity contribution >= 4 is 10.8 Å². The third-order valence-electron chi connectivity index (χ3n) is 3.97. The third kappa shape index (κ3) is 3.57. The molecule has 2 heteroatoms. The molecule has 0 fully saturated rings. The topological polar surface area (TPSA) is 24.9 Å². The Balaban J connectivity index is 2.16. The molecule has 0 saturated heterocycles. The Kier molecular flexibility index (Phi) is 4.77. The molecule has 0 aliphatic carbocycles. The Morgan fingerprint density at radius 1 is 1.20 bits per heavy atom. The number of nitrogens with one attached hydrogen (secondary N) is 1. The van der Waals surface area contributed by atoms with Gasteiger partial charge in [-0.05, 0) is 41.8 Å². The van der Waals surface area contributed by atoms with E-state index in [1.54, 1.807) is 0 Å². The van der Waals surface area contributed by atoms with Crippen LogP contribution in [-0.2, 0) is 6.42 Å². The van der Waals surface area contributed by atoms with E-state index in [0.29, 0.717) is 11.5 Å². The van der Waals surface area contributed by atoms with Crippen LogP contribution in [0.1, 0.15) is 39.7 Å². The summed E-state index contributed by atoms with van der Waals surface area (Å²) in [6.45, 7) is 10.2. The maximum Gasteiger partial charge on any atom is 0.0346 e. The van der Waals surface area contributed by atoms with Gasteiger partial charge in [-0.1, -0.05) is 45.9 Å². The average Bonchev–Trinajstić information content (AvgIpc) is 2.42. The predicted molar refractivity (Wildman–Crippen MR) is 87.0 cm³/mol. The normalized spacial score (nSPS) is 13.6. The molecule has 1 heterocycles. The standard InChI is InChI=1S/C18H26N2/c1-5-20-17(18(2,3)4)10-9-14-7-6-8-15-13-19-12-11-16(14)15/h6-8,11-13,17,20H,5,9-10H2,1-4H3. The van der Waals surface area contributed by atoms with Crippen molar-refractivity contribution in [3.8, 4) is 0 Å². The summed E-state index contributed by atoms with van der Waals surface area (Å²) in [7, 11) is 0. The van der Waals surface area contributed by atoms with Gasteiger partial charge in [-0.2, -0.15) is 0 Å². The highest BCUT2D eigenvalue weighted by atomic mass is 14.9. The number of aryl methyl sites for hydroxylation is 1. The van der Waals surface area contributed by atoms with E-state index in [-0.39, 0.29) is 0 Å². The first-order valence-electron chi connectivity index (χ1n) is 7.57. The fourth-order valence-electron chi connectivity index (χ4n) is 2.80. The maximum absolute atomic E-state index is 4.21. The molecule has 1 aromatic heterocycles. The summed E-state index contributed by atoms with van der Waals surface area (Å²) in [4.78, 5) is 4.21. The first-order valence-corrected chi connectivity index (χ1v) is 7.57. The Hall–Kier alpha value is -1.41. The van der Waals surface area contributed by atoms with Crippen LogP contribution in [-0.4, -0.2) is 17.6 Å². The first-order chi connectivity index (χ1) is 9.52. The fraction of sp³-hybridized carbons (Fsp3) is 0.500.